The van der Waals surface area contributed by atoms with Crippen molar-refractivity contribution in [1.82, 2.24) is 0 Å². The van der Waals surface area contributed by atoms with E-state index in [1.165, 1.54) is 12.1 Å². The molecular weight excluding hydrogens is 299 g/mol. The lowest BCUT2D eigenvalue weighted by atomic mass is 10.2. The Hall–Kier alpha value is -2.27. The second-order valence-corrected chi connectivity index (χ2v) is 4.77. The number of hydrogen-bond donors (Lipinski definition) is 0. The van der Waals surface area contributed by atoms with Gasteiger partial charge in [0.05, 0.1) is 10.6 Å². The molecule has 0 amide bonds. The third kappa shape index (κ3) is 2.64. The SMILES string of the molecule is O=Cc1cc2c(cc1OCc1cccc(Cl)c1F)OCO2. The number of aldehydes is 1. The number of ether oxygens (including phenoxy) is 3. The molecule has 6 heteroatoms. The molecule has 1 aliphatic rings. The van der Waals surface area contributed by atoms with Crippen molar-refractivity contribution in [1.29, 1.82) is 0 Å². The highest BCUT2D eigenvalue weighted by Crippen LogP contribution is 2.37. The monoisotopic (exact) mass is 308 g/mol. The third-order valence-corrected chi connectivity index (χ3v) is 3.34. The van der Waals surface area contributed by atoms with E-state index < -0.39 is 5.82 Å². The highest BCUT2D eigenvalue weighted by Gasteiger charge is 2.18. The summed E-state index contributed by atoms with van der Waals surface area (Å²) in [5.74, 6) is 0.738. The zero-order chi connectivity index (χ0) is 14.8. The van der Waals surface area contributed by atoms with E-state index in [0.29, 0.717) is 34.7 Å². The van der Waals surface area contributed by atoms with Gasteiger partial charge in [0.15, 0.2) is 17.8 Å². The van der Waals surface area contributed by atoms with E-state index in [-0.39, 0.29) is 18.4 Å². The molecule has 0 unspecified atom stereocenters. The molecule has 0 aromatic heterocycles. The summed E-state index contributed by atoms with van der Waals surface area (Å²) in [5, 5.41) is 0.0254. The summed E-state index contributed by atoms with van der Waals surface area (Å²) in [6.07, 6.45) is 0.644. The number of fused-ring (bicyclic) bond motifs is 1. The van der Waals surface area contributed by atoms with Crippen LogP contribution in [0.4, 0.5) is 4.39 Å². The quantitative estimate of drug-likeness (QED) is 0.810. The number of halogens is 2. The minimum absolute atomic E-state index is 0.0254. The Balaban J connectivity index is 1.85. The minimum Gasteiger partial charge on any atom is -0.488 e. The molecule has 1 aliphatic heterocycles. The molecule has 0 aliphatic carbocycles. The second-order valence-electron chi connectivity index (χ2n) is 4.36. The lowest BCUT2D eigenvalue weighted by molar-refractivity contribution is 0.111. The molecule has 0 fully saturated rings. The van der Waals surface area contributed by atoms with Crippen molar-refractivity contribution in [2.75, 3.05) is 6.79 Å². The van der Waals surface area contributed by atoms with Crippen molar-refractivity contribution in [3.05, 3.63) is 52.3 Å². The second kappa shape index (κ2) is 5.61. The van der Waals surface area contributed by atoms with Crippen molar-refractivity contribution >= 4 is 17.9 Å². The van der Waals surface area contributed by atoms with Gasteiger partial charge in [-0.15, -0.1) is 0 Å². The van der Waals surface area contributed by atoms with Crippen molar-refractivity contribution in [2.45, 2.75) is 6.61 Å². The normalized spacial score (nSPS) is 12.3. The van der Waals surface area contributed by atoms with Crippen LogP contribution in [0.25, 0.3) is 0 Å². The van der Waals surface area contributed by atoms with Gasteiger partial charge in [-0.05, 0) is 12.1 Å². The van der Waals surface area contributed by atoms with Crippen LogP contribution in [0, 0.1) is 5.82 Å². The van der Waals surface area contributed by atoms with Crippen molar-refractivity contribution < 1.29 is 23.4 Å². The van der Waals surface area contributed by atoms with Crippen molar-refractivity contribution in [3.8, 4) is 17.2 Å². The molecular formula is C15H10ClFO4. The first kappa shape index (κ1) is 13.7. The predicted molar refractivity (Wildman–Crippen MR) is 73.7 cm³/mol. The molecule has 21 heavy (non-hydrogen) atoms. The topological polar surface area (TPSA) is 44.8 Å². The van der Waals surface area contributed by atoms with E-state index in [2.05, 4.69) is 0 Å². The molecule has 0 saturated heterocycles. The minimum atomic E-state index is -0.535. The van der Waals surface area contributed by atoms with Crippen LogP contribution in [-0.2, 0) is 6.61 Å². The largest absolute Gasteiger partial charge is 0.488 e. The zero-order valence-corrected chi connectivity index (χ0v) is 11.5. The van der Waals surface area contributed by atoms with Gasteiger partial charge < -0.3 is 14.2 Å². The summed E-state index contributed by atoms with van der Waals surface area (Å²) in [5.41, 5.74) is 0.610. The molecule has 1 heterocycles. The first-order valence-electron chi connectivity index (χ1n) is 6.13. The first-order valence-corrected chi connectivity index (χ1v) is 6.51. The fraction of sp³-hybridized carbons (Fsp3) is 0.133. The Labute approximate surface area is 125 Å². The van der Waals surface area contributed by atoms with Crippen LogP contribution in [0.2, 0.25) is 5.02 Å². The maximum Gasteiger partial charge on any atom is 0.231 e. The van der Waals surface area contributed by atoms with Gasteiger partial charge in [-0.25, -0.2) is 4.39 Å². The highest BCUT2D eigenvalue weighted by atomic mass is 35.5. The number of carbonyl (C=O) groups excluding carboxylic acids is 1. The van der Waals surface area contributed by atoms with Crippen LogP contribution < -0.4 is 14.2 Å². The van der Waals surface area contributed by atoms with Crippen LogP contribution in [0.1, 0.15) is 15.9 Å². The Morgan fingerprint density at radius 1 is 1.29 bits per heavy atom. The fourth-order valence-corrected chi connectivity index (χ4v) is 2.17. The van der Waals surface area contributed by atoms with Gasteiger partial charge in [-0.1, -0.05) is 23.7 Å². The molecule has 108 valence electrons. The van der Waals surface area contributed by atoms with Gasteiger partial charge in [0.1, 0.15) is 18.2 Å². The third-order valence-electron chi connectivity index (χ3n) is 3.05. The van der Waals surface area contributed by atoms with Crippen LogP contribution in [-0.4, -0.2) is 13.1 Å². The van der Waals surface area contributed by atoms with Crippen LogP contribution in [0.3, 0.4) is 0 Å². The standard InChI is InChI=1S/C15H10ClFO4/c16-11-3-1-2-9(15(11)17)7-19-12-5-14-13(20-8-21-14)4-10(12)6-18/h1-6H,7-8H2. The first-order chi connectivity index (χ1) is 10.2. The molecule has 0 radical (unpaired) electrons. The molecule has 0 N–H and O–H groups in total. The lowest BCUT2D eigenvalue weighted by Crippen LogP contribution is -2.01. The maximum atomic E-state index is 13.8. The van der Waals surface area contributed by atoms with E-state index in [1.807, 2.05) is 0 Å². The number of hydrogen-bond acceptors (Lipinski definition) is 4. The molecule has 0 spiro atoms. The molecule has 2 aromatic carbocycles. The zero-order valence-electron chi connectivity index (χ0n) is 10.8. The van der Waals surface area contributed by atoms with Crippen molar-refractivity contribution in [2.24, 2.45) is 0 Å². The summed E-state index contributed by atoms with van der Waals surface area (Å²) >= 11 is 5.71. The van der Waals surface area contributed by atoms with E-state index in [4.69, 9.17) is 25.8 Å². The summed E-state index contributed by atoms with van der Waals surface area (Å²) < 4.78 is 29.7. The van der Waals surface area contributed by atoms with Crippen molar-refractivity contribution in [3.63, 3.8) is 0 Å². The van der Waals surface area contributed by atoms with Gasteiger partial charge in [-0.2, -0.15) is 0 Å². The Bertz CT molecular complexity index is 702. The molecule has 2 aromatic rings. The Kier molecular flexibility index (Phi) is 3.66. The van der Waals surface area contributed by atoms with Crippen LogP contribution >= 0.6 is 11.6 Å². The fourth-order valence-electron chi connectivity index (χ4n) is 1.97. The number of rotatable bonds is 4. The predicted octanol–water partition coefficient (Wildman–Crippen LogP) is 3.60. The smallest absolute Gasteiger partial charge is 0.231 e. The molecule has 0 atom stereocenters. The summed E-state index contributed by atoms with van der Waals surface area (Å²) in [6, 6.07) is 7.73. The Morgan fingerprint density at radius 3 is 2.81 bits per heavy atom. The van der Waals surface area contributed by atoms with E-state index in [1.54, 1.807) is 18.2 Å². The maximum absolute atomic E-state index is 13.8. The molecule has 0 bridgehead atoms. The van der Waals surface area contributed by atoms with Gasteiger partial charge in [0.25, 0.3) is 0 Å². The lowest BCUT2D eigenvalue weighted by Gasteiger charge is -2.10. The van der Waals surface area contributed by atoms with E-state index >= 15 is 0 Å². The average Bonchev–Trinajstić information content (AvgIpc) is 2.95. The highest BCUT2D eigenvalue weighted by molar-refractivity contribution is 6.30. The molecule has 0 saturated carbocycles. The van der Waals surface area contributed by atoms with Gasteiger partial charge >= 0.3 is 0 Å². The molecule has 4 nitrogen and oxygen atoms in total. The summed E-state index contributed by atoms with van der Waals surface area (Å²) in [6.45, 7) is 0.0485. The van der Waals surface area contributed by atoms with Gasteiger partial charge in [0.2, 0.25) is 6.79 Å². The summed E-state index contributed by atoms with van der Waals surface area (Å²) in [4.78, 5) is 11.1. The summed E-state index contributed by atoms with van der Waals surface area (Å²) in [7, 11) is 0. The van der Waals surface area contributed by atoms with Gasteiger partial charge in [0, 0.05) is 11.6 Å². The van der Waals surface area contributed by atoms with E-state index in [9.17, 15) is 9.18 Å². The van der Waals surface area contributed by atoms with E-state index in [0.717, 1.165) is 0 Å². The van der Waals surface area contributed by atoms with Crippen LogP contribution in [0.5, 0.6) is 17.2 Å². The Morgan fingerprint density at radius 2 is 2.05 bits per heavy atom. The number of carbonyl (C=O) groups is 1. The average molecular weight is 309 g/mol. The van der Waals surface area contributed by atoms with Crippen LogP contribution in [0.15, 0.2) is 30.3 Å². The molecule has 3 rings (SSSR count). The number of benzene rings is 2. The van der Waals surface area contributed by atoms with Gasteiger partial charge in [-0.3, -0.25) is 4.79 Å².